The van der Waals surface area contributed by atoms with Crippen molar-refractivity contribution in [1.82, 2.24) is 0 Å². The first-order valence-corrected chi connectivity index (χ1v) is 6.42. The SMILES string of the molecule is O=C1OC(C(O)c2ccccc2)CC1C1OCCO1. The minimum absolute atomic E-state index is 0.355. The Balaban J connectivity index is 1.69. The molecule has 0 aliphatic carbocycles. The third kappa shape index (κ3) is 2.49. The van der Waals surface area contributed by atoms with Gasteiger partial charge in [0.05, 0.1) is 13.2 Å². The van der Waals surface area contributed by atoms with Gasteiger partial charge in [-0.1, -0.05) is 30.3 Å². The lowest BCUT2D eigenvalue weighted by atomic mass is 9.97. The molecule has 2 saturated heterocycles. The first-order chi connectivity index (χ1) is 9.25. The van der Waals surface area contributed by atoms with Gasteiger partial charge in [-0.3, -0.25) is 4.79 Å². The molecule has 19 heavy (non-hydrogen) atoms. The molecule has 0 radical (unpaired) electrons. The Hall–Kier alpha value is -1.43. The maximum atomic E-state index is 11.8. The second-order valence-corrected chi connectivity index (χ2v) is 4.78. The first-order valence-electron chi connectivity index (χ1n) is 6.42. The highest BCUT2D eigenvalue weighted by atomic mass is 16.7. The molecule has 0 saturated carbocycles. The van der Waals surface area contributed by atoms with Crippen molar-refractivity contribution in [3.63, 3.8) is 0 Å². The molecule has 0 spiro atoms. The zero-order valence-corrected chi connectivity index (χ0v) is 10.4. The number of hydrogen-bond donors (Lipinski definition) is 1. The van der Waals surface area contributed by atoms with E-state index in [0.717, 1.165) is 5.56 Å². The van der Waals surface area contributed by atoms with Gasteiger partial charge >= 0.3 is 5.97 Å². The van der Waals surface area contributed by atoms with Crippen molar-refractivity contribution in [3.8, 4) is 0 Å². The smallest absolute Gasteiger partial charge is 0.314 e. The summed E-state index contributed by atoms with van der Waals surface area (Å²) < 4.78 is 15.9. The predicted molar refractivity (Wildman–Crippen MR) is 65.1 cm³/mol. The van der Waals surface area contributed by atoms with E-state index in [1.165, 1.54) is 0 Å². The summed E-state index contributed by atoms with van der Waals surface area (Å²) in [4.78, 5) is 11.8. The van der Waals surface area contributed by atoms with Gasteiger partial charge in [-0.25, -0.2) is 0 Å². The first kappa shape index (κ1) is 12.6. The lowest BCUT2D eigenvalue weighted by Gasteiger charge is -2.17. The number of carbonyl (C=O) groups excluding carboxylic acids is 1. The van der Waals surface area contributed by atoms with E-state index in [0.29, 0.717) is 19.6 Å². The van der Waals surface area contributed by atoms with Crippen LogP contribution in [0.2, 0.25) is 0 Å². The highest BCUT2D eigenvalue weighted by Crippen LogP contribution is 2.34. The molecule has 2 fully saturated rings. The quantitative estimate of drug-likeness (QED) is 0.826. The van der Waals surface area contributed by atoms with Crippen LogP contribution in [0.3, 0.4) is 0 Å². The van der Waals surface area contributed by atoms with E-state index in [1.54, 1.807) is 0 Å². The van der Waals surface area contributed by atoms with Crippen LogP contribution in [-0.2, 0) is 19.0 Å². The van der Waals surface area contributed by atoms with E-state index >= 15 is 0 Å². The summed E-state index contributed by atoms with van der Waals surface area (Å²) in [5, 5.41) is 10.2. The van der Waals surface area contributed by atoms with Crippen molar-refractivity contribution >= 4 is 5.97 Å². The monoisotopic (exact) mass is 264 g/mol. The summed E-state index contributed by atoms with van der Waals surface area (Å²) >= 11 is 0. The molecule has 5 nitrogen and oxygen atoms in total. The maximum absolute atomic E-state index is 11.8. The van der Waals surface area contributed by atoms with E-state index in [1.807, 2.05) is 30.3 Å². The summed E-state index contributed by atoms with van der Waals surface area (Å²) in [7, 11) is 0. The van der Waals surface area contributed by atoms with Crippen LogP contribution >= 0.6 is 0 Å². The van der Waals surface area contributed by atoms with Gasteiger partial charge in [-0.2, -0.15) is 0 Å². The van der Waals surface area contributed by atoms with Crippen molar-refractivity contribution < 1.29 is 24.1 Å². The molecule has 1 aromatic carbocycles. The van der Waals surface area contributed by atoms with Crippen LogP contribution in [-0.4, -0.2) is 36.7 Å². The minimum Gasteiger partial charge on any atom is -0.459 e. The van der Waals surface area contributed by atoms with Crippen LogP contribution in [0.1, 0.15) is 18.1 Å². The number of benzene rings is 1. The number of carbonyl (C=O) groups is 1. The number of rotatable bonds is 3. The second-order valence-electron chi connectivity index (χ2n) is 4.78. The van der Waals surface area contributed by atoms with Gasteiger partial charge in [-0.15, -0.1) is 0 Å². The molecule has 3 unspecified atom stereocenters. The Bertz CT molecular complexity index is 440. The van der Waals surface area contributed by atoms with Crippen molar-refractivity contribution in [2.45, 2.75) is 24.9 Å². The molecule has 0 bridgehead atoms. The molecule has 3 atom stereocenters. The molecule has 5 heteroatoms. The molecule has 3 rings (SSSR count). The standard InChI is InChI=1S/C14H16O5/c15-12(9-4-2-1-3-5-9)11-8-10(13(16)19-11)14-17-6-7-18-14/h1-5,10-12,14-15H,6-8H2. The van der Waals surface area contributed by atoms with Crippen molar-refractivity contribution in [2.24, 2.45) is 5.92 Å². The van der Waals surface area contributed by atoms with E-state index < -0.39 is 24.4 Å². The van der Waals surface area contributed by atoms with Gasteiger partial charge in [0.25, 0.3) is 0 Å². The second kappa shape index (κ2) is 5.28. The Morgan fingerprint density at radius 3 is 2.53 bits per heavy atom. The molecule has 1 aromatic rings. The number of hydrogen-bond acceptors (Lipinski definition) is 5. The van der Waals surface area contributed by atoms with Crippen LogP contribution in [0.4, 0.5) is 0 Å². The lowest BCUT2D eigenvalue weighted by molar-refractivity contribution is -0.157. The van der Waals surface area contributed by atoms with Crippen LogP contribution in [0.15, 0.2) is 30.3 Å². The molecule has 0 amide bonds. The van der Waals surface area contributed by atoms with Crippen molar-refractivity contribution in [1.29, 1.82) is 0 Å². The largest absolute Gasteiger partial charge is 0.459 e. The average Bonchev–Trinajstić information content (AvgIpc) is 3.08. The Morgan fingerprint density at radius 2 is 1.84 bits per heavy atom. The van der Waals surface area contributed by atoms with Gasteiger partial charge in [0, 0.05) is 6.42 Å². The Kier molecular flexibility index (Phi) is 3.50. The Morgan fingerprint density at radius 1 is 1.16 bits per heavy atom. The third-order valence-electron chi connectivity index (χ3n) is 3.53. The lowest BCUT2D eigenvalue weighted by Crippen LogP contribution is -2.25. The van der Waals surface area contributed by atoms with Crippen LogP contribution in [0, 0.1) is 5.92 Å². The van der Waals surface area contributed by atoms with Gasteiger partial charge in [0.2, 0.25) is 0 Å². The molecular weight excluding hydrogens is 248 g/mol. The summed E-state index contributed by atoms with van der Waals surface area (Å²) in [5.74, 6) is -0.794. The zero-order chi connectivity index (χ0) is 13.2. The summed E-state index contributed by atoms with van der Waals surface area (Å²) in [6.07, 6.45) is -1.45. The summed E-state index contributed by atoms with van der Waals surface area (Å²) in [6, 6.07) is 9.19. The van der Waals surface area contributed by atoms with Gasteiger partial charge < -0.3 is 19.3 Å². The van der Waals surface area contributed by atoms with E-state index in [2.05, 4.69) is 0 Å². The number of esters is 1. The third-order valence-corrected chi connectivity index (χ3v) is 3.53. The normalized spacial score (nSPS) is 29.4. The zero-order valence-electron chi connectivity index (χ0n) is 10.4. The fourth-order valence-electron chi connectivity index (χ4n) is 2.52. The topological polar surface area (TPSA) is 65.0 Å². The maximum Gasteiger partial charge on any atom is 0.314 e. The number of cyclic esters (lactones) is 1. The van der Waals surface area contributed by atoms with E-state index in [9.17, 15) is 9.90 Å². The van der Waals surface area contributed by atoms with E-state index in [-0.39, 0.29) is 5.97 Å². The van der Waals surface area contributed by atoms with Gasteiger partial charge in [0.15, 0.2) is 6.29 Å². The fraction of sp³-hybridized carbons (Fsp3) is 0.500. The summed E-state index contributed by atoms with van der Waals surface area (Å²) in [5.41, 5.74) is 0.745. The van der Waals surface area contributed by atoms with Gasteiger partial charge in [-0.05, 0) is 5.56 Å². The highest BCUT2D eigenvalue weighted by molar-refractivity contribution is 5.75. The molecule has 0 aromatic heterocycles. The van der Waals surface area contributed by atoms with Crippen LogP contribution < -0.4 is 0 Å². The van der Waals surface area contributed by atoms with E-state index in [4.69, 9.17) is 14.2 Å². The fourth-order valence-corrected chi connectivity index (χ4v) is 2.52. The van der Waals surface area contributed by atoms with Crippen LogP contribution in [0.5, 0.6) is 0 Å². The number of aliphatic hydroxyl groups excluding tert-OH is 1. The molecule has 2 heterocycles. The van der Waals surface area contributed by atoms with Gasteiger partial charge in [0.1, 0.15) is 18.1 Å². The van der Waals surface area contributed by atoms with Crippen molar-refractivity contribution in [2.75, 3.05) is 13.2 Å². The molecule has 1 N–H and O–H groups in total. The predicted octanol–water partition coefficient (Wildman–Crippen LogP) is 1.02. The average molecular weight is 264 g/mol. The number of ether oxygens (including phenoxy) is 3. The molecule has 2 aliphatic rings. The number of aliphatic hydroxyl groups is 1. The minimum atomic E-state index is -0.809. The molecule has 102 valence electrons. The Labute approximate surface area is 111 Å². The highest BCUT2D eigenvalue weighted by Gasteiger charge is 2.45. The van der Waals surface area contributed by atoms with Crippen LogP contribution in [0.25, 0.3) is 0 Å². The molecular formula is C14H16O5. The summed E-state index contributed by atoms with van der Waals surface area (Å²) in [6.45, 7) is 1.00. The van der Waals surface area contributed by atoms with Crippen molar-refractivity contribution in [3.05, 3.63) is 35.9 Å². The molecule has 2 aliphatic heterocycles.